The molecule has 1 saturated heterocycles. The number of benzene rings is 1. The van der Waals surface area contributed by atoms with Crippen molar-refractivity contribution in [1.82, 2.24) is 15.5 Å². The summed E-state index contributed by atoms with van der Waals surface area (Å²) in [5.74, 6) is 1.89. The first-order valence-electron chi connectivity index (χ1n) is 9.10. The van der Waals surface area contributed by atoms with Gasteiger partial charge in [-0.2, -0.15) is 0 Å². The highest BCUT2D eigenvalue weighted by atomic mass is 16.2. The fourth-order valence-electron chi connectivity index (χ4n) is 3.91. The minimum atomic E-state index is 0.00795. The third-order valence-corrected chi connectivity index (χ3v) is 5.61. The van der Waals surface area contributed by atoms with Crippen molar-refractivity contribution in [1.29, 1.82) is 0 Å². The van der Waals surface area contributed by atoms with E-state index in [9.17, 15) is 4.79 Å². The van der Waals surface area contributed by atoms with Gasteiger partial charge in [-0.05, 0) is 55.5 Å². The molecule has 3 aliphatic rings. The Morgan fingerprint density at radius 3 is 2.65 bits per heavy atom. The summed E-state index contributed by atoms with van der Waals surface area (Å²) in [4.78, 5) is 14.6. The molecule has 3 unspecified atom stereocenters. The zero-order chi connectivity index (χ0) is 15.6. The monoisotopic (exact) mass is 313 g/mol. The Morgan fingerprint density at radius 2 is 1.87 bits per heavy atom. The van der Waals surface area contributed by atoms with E-state index in [1.54, 1.807) is 0 Å². The molecule has 2 saturated carbocycles. The van der Waals surface area contributed by atoms with Crippen LogP contribution in [0.15, 0.2) is 30.3 Å². The van der Waals surface area contributed by atoms with Gasteiger partial charge < -0.3 is 15.5 Å². The van der Waals surface area contributed by atoms with E-state index >= 15 is 0 Å². The van der Waals surface area contributed by atoms with E-state index in [4.69, 9.17) is 0 Å². The summed E-state index contributed by atoms with van der Waals surface area (Å²) in [5, 5.41) is 6.12. The molecule has 4 nitrogen and oxygen atoms in total. The maximum Gasteiger partial charge on any atom is 0.314 e. The average molecular weight is 313 g/mol. The van der Waals surface area contributed by atoms with Crippen molar-refractivity contribution in [3.63, 3.8) is 0 Å². The van der Waals surface area contributed by atoms with Crippen LogP contribution in [-0.2, 0) is 0 Å². The van der Waals surface area contributed by atoms with Crippen LogP contribution in [0.5, 0.6) is 0 Å². The van der Waals surface area contributed by atoms with E-state index in [1.165, 1.54) is 44.3 Å². The fraction of sp³-hybridized carbons (Fsp3) is 0.632. The molecule has 124 valence electrons. The molecular formula is C19H27N3O. The van der Waals surface area contributed by atoms with Gasteiger partial charge in [0.05, 0.1) is 0 Å². The smallest absolute Gasteiger partial charge is 0.314 e. The van der Waals surface area contributed by atoms with Gasteiger partial charge in [-0.1, -0.05) is 30.3 Å². The van der Waals surface area contributed by atoms with E-state index in [0.717, 1.165) is 19.1 Å². The Hall–Kier alpha value is -1.55. The van der Waals surface area contributed by atoms with Crippen LogP contribution in [0.1, 0.15) is 37.2 Å². The van der Waals surface area contributed by atoms with Crippen LogP contribution in [-0.4, -0.2) is 43.2 Å². The van der Waals surface area contributed by atoms with Crippen molar-refractivity contribution >= 4 is 6.03 Å². The lowest BCUT2D eigenvalue weighted by atomic mass is 10.1. The van der Waals surface area contributed by atoms with Crippen LogP contribution in [0.3, 0.4) is 0 Å². The largest absolute Gasteiger partial charge is 0.338 e. The van der Waals surface area contributed by atoms with Crippen LogP contribution in [0.2, 0.25) is 0 Å². The molecule has 2 aliphatic carbocycles. The van der Waals surface area contributed by atoms with Crippen LogP contribution in [0, 0.1) is 11.8 Å². The SMILES string of the molecule is O=C(NCC1CCN(C2CC2)C1)NCC1CC1c1ccccc1. The molecule has 3 atom stereocenters. The number of carbonyl (C=O) groups is 1. The molecule has 4 rings (SSSR count). The van der Waals surface area contributed by atoms with Gasteiger partial charge in [0.25, 0.3) is 0 Å². The summed E-state index contributed by atoms with van der Waals surface area (Å²) in [6, 6.07) is 11.5. The zero-order valence-corrected chi connectivity index (χ0v) is 13.7. The van der Waals surface area contributed by atoms with Gasteiger partial charge in [0, 0.05) is 25.7 Å². The number of amides is 2. The van der Waals surface area contributed by atoms with E-state index in [1.807, 2.05) is 0 Å². The molecular weight excluding hydrogens is 286 g/mol. The first kappa shape index (κ1) is 15.0. The number of hydrogen-bond donors (Lipinski definition) is 2. The molecule has 1 aromatic carbocycles. The molecule has 1 heterocycles. The third-order valence-electron chi connectivity index (χ3n) is 5.61. The second-order valence-corrected chi connectivity index (χ2v) is 7.48. The Labute approximate surface area is 138 Å². The average Bonchev–Trinajstić information content (AvgIpc) is 3.51. The molecule has 0 aromatic heterocycles. The normalized spacial score (nSPS) is 30.2. The lowest BCUT2D eigenvalue weighted by Gasteiger charge is -2.15. The second kappa shape index (κ2) is 6.52. The molecule has 1 aliphatic heterocycles. The molecule has 2 amide bonds. The van der Waals surface area contributed by atoms with Crippen molar-refractivity contribution < 1.29 is 4.79 Å². The maximum atomic E-state index is 12.0. The standard InChI is InChI=1S/C19H27N3O/c23-19(20-11-14-8-9-22(13-14)17-6-7-17)21-12-16-10-18(16)15-4-2-1-3-5-15/h1-5,14,16-18H,6-13H2,(H2,20,21,23). The van der Waals surface area contributed by atoms with Gasteiger partial charge in [0.2, 0.25) is 0 Å². The molecule has 23 heavy (non-hydrogen) atoms. The van der Waals surface area contributed by atoms with Gasteiger partial charge in [0.1, 0.15) is 0 Å². The summed E-state index contributed by atoms with van der Waals surface area (Å²) in [7, 11) is 0. The van der Waals surface area contributed by atoms with Crippen LogP contribution < -0.4 is 10.6 Å². The van der Waals surface area contributed by atoms with Gasteiger partial charge >= 0.3 is 6.03 Å². The quantitative estimate of drug-likeness (QED) is 0.848. The molecule has 3 fully saturated rings. The van der Waals surface area contributed by atoms with E-state index in [0.29, 0.717) is 17.8 Å². The minimum absolute atomic E-state index is 0.00795. The number of hydrogen-bond acceptors (Lipinski definition) is 2. The predicted octanol–water partition coefficient (Wildman–Crippen LogP) is 2.57. The van der Waals surface area contributed by atoms with E-state index < -0.39 is 0 Å². The summed E-state index contributed by atoms with van der Waals surface area (Å²) >= 11 is 0. The summed E-state index contributed by atoms with van der Waals surface area (Å²) in [6.07, 6.45) is 5.19. The zero-order valence-electron chi connectivity index (χ0n) is 13.7. The van der Waals surface area contributed by atoms with Gasteiger partial charge in [-0.25, -0.2) is 4.79 Å². The van der Waals surface area contributed by atoms with Crippen LogP contribution >= 0.6 is 0 Å². The Morgan fingerprint density at radius 1 is 1.09 bits per heavy atom. The lowest BCUT2D eigenvalue weighted by Crippen LogP contribution is -2.39. The van der Waals surface area contributed by atoms with Crippen molar-refractivity contribution in [3.05, 3.63) is 35.9 Å². The van der Waals surface area contributed by atoms with Crippen molar-refractivity contribution in [2.75, 3.05) is 26.2 Å². The Kier molecular flexibility index (Phi) is 4.25. The van der Waals surface area contributed by atoms with Gasteiger partial charge in [-0.3, -0.25) is 0 Å². The van der Waals surface area contributed by atoms with Gasteiger partial charge in [0.15, 0.2) is 0 Å². The Balaban J connectivity index is 1.12. The van der Waals surface area contributed by atoms with Crippen LogP contribution in [0.4, 0.5) is 4.79 Å². The maximum absolute atomic E-state index is 12.0. The lowest BCUT2D eigenvalue weighted by molar-refractivity contribution is 0.238. The third kappa shape index (κ3) is 3.86. The Bertz CT molecular complexity index is 543. The van der Waals surface area contributed by atoms with Crippen LogP contribution in [0.25, 0.3) is 0 Å². The van der Waals surface area contributed by atoms with Gasteiger partial charge in [-0.15, -0.1) is 0 Å². The molecule has 0 bridgehead atoms. The fourth-order valence-corrected chi connectivity index (χ4v) is 3.91. The highest BCUT2D eigenvalue weighted by Crippen LogP contribution is 2.46. The minimum Gasteiger partial charge on any atom is -0.338 e. The number of nitrogens with one attached hydrogen (secondary N) is 2. The van der Waals surface area contributed by atoms with Crippen molar-refractivity contribution in [3.8, 4) is 0 Å². The molecule has 4 heteroatoms. The van der Waals surface area contributed by atoms with E-state index in [2.05, 4.69) is 45.9 Å². The number of likely N-dealkylation sites (tertiary alicyclic amines) is 1. The number of carbonyl (C=O) groups excluding carboxylic acids is 1. The summed E-state index contributed by atoms with van der Waals surface area (Å²) < 4.78 is 0. The predicted molar refractivity (Wildman–Crippen MR) is 91.4 cm³/mol. The van der Waals surface area contributed by atoms with Crippen molar-refractivity contribution in [2.45, 2.75) is 37.6 Å². The first-order chi connectivity index (χ1) is 11.3. The summed E-state index contributed by atoms with van der Waals surface area (Å²) in [5.41, 5.74) is 1.41. The molecule has 2 N–H and O–H groups in total. The highest BCUT2D eigenvalue weighted by Gasteiger charge is 2.38. The van der Waals surface area contributed by atoms with Crippen molar-refractivity contribution in [2.24, 2.45) is 11.8 Å². The van der Waals surface area contributed by atoms with E-state index in [-0.39, 0.29) is 6.03 Å². The molecule has 0 radical (unpaired) electrons. The highest BCUT2D eigenvalue weighted by molar-refractivity contribution is 5.73. The second-order valence-electron chi connectivity index (χ2n) is 7.48. The first-order valence-corrected chi connectivity index (χ1v) is 9.10. The topological polar surface area (TPSA) is 44.4 Å². The number of urea groups is 1. The number of rotatable bonds is 6. The molecule has 1 aromatic rings. The number of nitrogens with zero attached hydrogens (tertiary/aromatic N) is 1. The summed E-state index contributed by atoms with van der Waals surface area (Å²) in [6.45, 7) is 4.01. The molecule has 0 spiro atoms.